The third-order valence-electron chi connectivity index (χ3n) is 9.25. The van der Waals surface area contributed by atoms with Crippen molar-refractivity contribution in [2.75, 3.05) is 67.2 Å². The Balaban J connectivity index is 1.09. The van der Waals surface area contributed by atoms with Gasteiger partial charge in [0, 0.05) is 63.4 Å². The number of fused-ring (bicyclic) bond motifs is 1. The summed E-state index contributed by atoms with van der Waals surface area (Å²) in [4.78, 5) is 32.9. The number of benzene rings is 3. The second-order valence-electron chi connectivity index (χ2n) is 12.4. The van der Waals surface area contributed by atoms with Gasteiger partial charge in [0.15, 0.2) is 23.0 Å². The van der Waals surface area contributed by atoms with Crippen LogP contribution >= 0.6 is 11.9 Å². The molecule has 2 aliphatic rings. The van der Waals surface area contributed by atoms with Crippen LogP contribution in [0.5, 0.6) is 23.0 Å². The molecule has 1 saturated heterocycles. The number of hydrogen-bond donors (Lipinski definition) is 0. The first-order chi connectivity index (χ1) is 22.7. The van der Waals surface area contributed by atoms with Crippen LogP contribution in [-0.2, 0) is 4.79 Å². The predicted molar refractivity (Wildman–Crippen MR) is 187 cm³/mol. The number of nitrogens with zero attached hydrogens (tertiary/aromatic N) is 3. The number of methoxy groups -OCH3 is 3. The van der Waals surface area contributed by atoms with E-state index >= 15 is 0 Å². The van der Waals surface area contributed by atoms with Crippen LogP contribution in [0, 0.1) is 0 Å². The van der Waals surface area contributed by atoms with Crippen molar-refractivity contribution < 1.29 is 28.5 Å². The van der Waals surface area contributed by atoms with Gasteiger partial charge >= 0.3 is 5.91 Å². The normalized spacial score (nSPS) is 20.1. The molecule has 2 atom stereocenters. The van der Waals surface area contributed by atoms with Crippen LogP contribution in [0.3, 0.4) is 0 Å². The molecule has 0 N–H and O–H groups in total. The van der Waals surface area contributed by atoms with Crippen molar-refractivity contribution in [3.05, 3.63) is 71.8 Å². The summed E-state index contributed by atoms with van der Waals surface area (Å²) < 4.78 is 22.6. The van der Waals surface area contributed by atoms with Gasteiger partial charge in [0.05, 0.1) is 38.7 Å². The minimum Gasteiger partial charge on any atom is -0.493 e. The maximum atomic E-state index is 13.9. The molecule has 10 heteroatoms. The Bertz CT molecular complexity index is 1530. The molecule has 1 amide bonds. The van der Waals surface area contributed by atoms with E-state index in [0.29, 0.717) is 42.4 Å². The smallest absolute Gasteiger partial charge is 0.337 e. The summed E-state index contributed by atoms with van der Waals surface area (Å²) in [6, 6.07) is 19.8. The van der Waals surface area contributed by atoms with Gasteiger partial charge in [0.25, 0.3) is 0 Å². The summed E-state index contributed by atoms with van der Waals surface area (Å²) in [5.74, 6) is 2.32. The molecule has 1 fully saturated rings. The van der Waals surface area contributed by atoms with E-state index in [1.165, 1.54) is 0 Å². The highest BCUT2D eigenvalue weighted by molar-refractivity contribution is 7.99. The number of Topliss-reactive ketones (excluding diaryl/α,β-unsaturated/α-hetero) is 1. The maximum absolute atomic E-state index is 13.9. The third-order valence-corrected chi connectivity index (χ3v) is 10.9. The number of hydrogen-bond acceptors (Lipinski definition) is 9. The van der Waals surface area contributed by atoms with Crippen molar-refractivity contribution in [3.63, 3.8) is 0 Å². The van der Waals surface area contributed by atoms with Gasteiger partial charge in [-0.3, -0.25) is 4.79 Å². The summed E-state index contributed by atoms with van der Waals surface area (Å²) in [6.07, 6.45) is 1.34. The van der Waals surface area contributed by atoms with Crippen LogP contribution in [0.1, 0.15) is 55.5 Å². The second-order valence-corrected chi connectivity index (χ2v) is 13.6. The molecule has 0 radical (unpaired) electrons. The standard InChI is InChI=1S/C37H48N3O6S/c1-26(2)40(37(42)27(3)31-13-7-8-14-35(31)47-40)29-11-9-12-30(25-29)46-22-10-16-38-18-20-39(21-19-38)17-15-32(41)28-23-33(43-4)36(45-6)34(24-28)44-5/h7-9,11-14,23-27H,10,15-22H2,1-6H3/q+1. The SMILES string of the molecule is COc1cc(C(=O)CCN2CCN(CCCOc3cccc([N+]4(C(C)C)Sc5ccccc5C(C)C4=O)c3)CC2)cc(OC)c1OC. The molecule has 2 unspecified atom stereocenters. The zero-order valence-corrected chi connectivity index (χ0v) is 29.3. The number of piperazine rings is 1. The summed E-state index contributed by atoms with van der Waals surface area (Å²) in [5.41, 5.74) is 2.62. The number of carbonyl (C=O) groups is 2. The lowest BCUT2D eigenvalue weighted by Gasteiger charge is -2.41. The Kier molecular flexibility index (Phi) is 11.5. The van der Waals surface area contributed by atoms with E-state index in [4.69, 9.17) is 18.9 Å². The number of ketones is 1. The van der Waals surface area contributed by atoms with Crippen molar-refractivity contribution >= 4 is 29.3 Å². The van der Waals surface area contributed by atoms with Crippen molar-refractivity contribution in [2.24, 2.45) is 0 Å². The van der Waals surface area contributed by atoms with Crippen LogP contribution in [0.2, 0.25) is 0 Å². The highest BCUT2D eigenvalue weighted by Crippen LogP contribution is 2.49. The number of amides is 1. The fraction of sp³-hybridized carbons (Fsp3) is 0.459. The second kappa shape index (κ2) is 15.6. The summed E-state index contributed by atoms with van der Waals surface area (Å²) >= 11 is 1.63. The molecule has 0 aliphatic carbocycles. The first kappa shape index (κ1) is 34.8. The Labute approximate surface area is 283 Å². The average molecular weight is 663 g/mol. The zero-order chi connectivity index (χ0) is 33.6. The van der Waals surface area contributed by atoms with E-state index in [2.05, 4.69) is 41.8 Å². The van der Waals surface area contributed by atoms with E-state index in [-0.39, 0.29) is 27.5 Å². The quantitative estimate of drug-likeness (QED) is 0.0839. The molecule has 9 nitrogen and oxygen atoms in total. The van der Waals surface area contributed by atoms with Gasteiger partial charge in [-0.15, -0.1) is 0 Å². The van der Waals surface area contributed by atoms with Gasteiger partial charge in [-0.2, -0.15) is 3.89 Å². The van der Waals surface area contributed by atoms with Gasteiger partial charge in [-0.1, -0.05) is 24.3 Å². The largest absolute Gasteiger partial charge is 0.493 e. The van der Waals surface area contributed by atoms with Gasteiger partial charge in [-0.25, -0.2) is 4.79 Å². The lowest BCUT2D eigenvalue weighted by Crippen LogP contribution is -2.56. The average Bonchev–Trinajstić information content (AvgIpc) is 3.10. The van der Waals surface area contributed by atoms with E-state index in [9.17, 15) is 9.59 Å². The molecule has 0 aromatic heterocycles. The Morgan fingerprint density at radius 3 is 2.19 bits per heavy atom. The number of quaternary nitrogens is 1. The molecule has 0 bridgehead atoms. The van der Waals surface area contributed by atoms with Crippen LogP contribution in [0.15, 0.2) is 65.6 Å². The van der Waals surface area contributed by atoms with Gasteiger partial charge < -0.3 is 28.7 Å². The van der Waals surface area contributed by atoms with Crippen LogP contribution < -0.4 is 22.8 Å². The van der Waals surface area contributed by atoms with Crippen molar-refractivity contribution in [1.82, 2.24) is 13.7 Å². The minimum absolute atomic E-state index is 0.0526. The summed E-state index contributed by atoms with van der Waals surface area (Å²) in [5, 5.41) is 0. The Hall–Kier alpha value is -3.57. The third kappa shape index (κ3) is 7.46. The molecule has 0 spiro atoms. The van der Waals surface area contributed by atoms with Gasteiger partial charge in [0.2, 0.25) is 5.75 Å². The molecule has 3 aromatic carbocycles. The maximum Gasteiger partial charge on any atom is 0.337 e. The summed E-state index contributed by atoms with van der Waals surface area (Å²) in [6.45, 7) is 12.3. The Morgan fingerprint density at radius 1 is 0.894 bits per heavy atom. The molecular formula is C37H48N3O6S+. The first-order valence-electron chi connectivity index (χ1n) is 16.4. The van der Waals surface area contributed by atoms with Crippen molar-refractivity contribution in [3.8, 4) is 23.0 Å². The van der Waals surface area contributed by atoms with Gasteiger partial charge in [0.1, 0.15) is 23.7 Å². The van der Waals surface area contributed by atoms with Crippen LogP contribution in [-0.4, -0.2) is 94.7 Å². The molecule has 2 aliphatic heterocycles. The number of rotatable bonds is 14. The molecule has 2 heterocycles. The summed E-state index contributed by atoms with van der Waals surface area (Å²) in [7, 11) is 4.65. The van der Waals surface area contributed by atoms with Crippen LogP contribution in [0.4, 0.5) is 5.69 Å². The predicted octanol–water partition coefficient (Wildman–Crippen LogP) is 6.44. The molecule has 252 valence electrons. The molecule has 3 aromatic rings. The molecule has 47 heavy (non-hydrogen) atoms. The first-order valence-corrected chi connectivity index (χ1v) is 17.2. The zero-order valence-electron chi connectivity index (χ0n) is 28.5. The highest BCUT2D eigenvalue weighted by atomic mass is 32.2. The lowest BCUT2D eigenvalue weighted by molar-refractivity contribution is -0.128. The number of ether oxygens (including phenoxy) is 4. The minimum atomic E-state index is -0.179. The highest BCUT2D eigenvalue weighted by Gasteiger charge is 2.51. The monoisotopic (exact) mass is 662 g/mol. The Morgan fingerprint density at radius 2 is 1.55 bits per heavy atom. The van der Waals surface area contributed by atoms with E-state index in [1.807, 2.05) is 37.3 Å². The molecule has 5 rings (SSSR count). The lowest BCUT2D eigenvalue weighted by atomic mass is 9.98. The fourth-order valence-corrected chi connectivity index (χ4v) is 8.00. The topological polar surface area (TPSA) is 77.5 Å². The van der Waals surface area contributed by atoms with Gasteiger partial charge in [-0.05, 0) is 57.0 Å². The number of carbonyl (C=O) groups excluding carboxylic acids is 2. The molecule has 0 saturated carbocycles. The van der Waals surface area contributed by atoms with Crippen LogP contribution in [0.25, 0.3) is 0 Å². The fourth-order valence-electron chi connectivity index (χ4n) is 6.52. The van der Waals surface area contributed by atoms with Crippen molar-refractivity contribution in [2.45, 2.75) is 50.5 Å². The van der Waals surface area contributed by atoms with E-state index in [0.717, 1.165) is 61.0 Å². The van der Waals surface area contributed by atoms with Crippen molar-refractivity contribution in [1.29, 1.82) is 0 Å². The van der Waals surface area contributed by atoms with E-state index in [1.54, 1.807) is 45.4 Å². The molecular weight excluding hydrogens is 614 g/mol. The van der Waals surface area contributed by atoms with E-state index < -0.39 is 0 Å².